The number of hydrogen-bond acceptors (Lipinski definition) is 4. The van der Waals surface area contributed by atoms with Gasteiger partial charge in [-0.15, -0.1) is 11.3 Å². The van der Waals surface area contributed by atoms with Crippen LogP contribution in [0, 0.1) is 0 Å². The predicted octanol–water partition coefficient (Wildman–Crippen LogP) is 4.39. The van der Waals surface area contributed by atoms with E-state index in [1.54, 1.807) is 24.6 Å². The molecule has 0 aliphatic heterocycles. The van der Waals surface area contributed by atoms with Crippen LogP contribution in [-0.4, -0.2) is 20.3 Å². The third-order valence-corrected chi connectivity index (χ3v) is 6.44. The molecule has 4 aromatic rings. The number of nitrogens with one attached hydrogen (secondary N) is 1. The quantitative estimate of drug-likeness (QED) is 0.458. The number of amides is 1. The van der Waals surface area contributed by atoms with Crippen LogP contribution in [0.2, 0.25) is 0 Å². The van der Waals surface area contributed by atoms with Crippen molar-refractivity contribution in [3.63, 3.8) is 0 Å². The van der Waals surface area contributed by atoms with Gasteiger partial charge in [-0.05, 0) is 30.4 Å². The maximum Gasteiger partial charge on any atom is 0.291 e. The molecule has 30 heavy (non-hydrogen) atoms. The topological polar surface area (TPSA) is 68.9 Å². The smallest absolute Gasteiger partial charge is 0.291 e. The molecule has 0 spiro atoms. The number of thiophene rings is 1. The molecule has 1 N–H and O–H groups in total. The van der Waals surface area contributed by atoms with Gasteiger partial charge in [0, 0.05) is 41.2 Å². The number of rotatable bonds is 8. The largest absolute Gasteiger partial charge is 0.348 e. The fraction of sp³-hybridized carbons (Fsp3) is 0.348. The third-order valence-electron chi connectivity index (χ3n) is 5.45. The van der Waals surface area contributed by atoms with E-state index >= 15 is 0 Å². The van der Waals surface area contributed by atoms with E-state index in [1.165, 1.54) is 9.56 Å². The highest BCUT2D eigenvalue weighted by molar-refractivity contribution is 7.10. The van der Waals surface area contributed by atoms with Gasteiger partial charge < -0.3 is 9.88 Å². The number of carbonyl (C=O) groups excluding carboxylic acids is 1. The van der Waals surface area contributed by atoms with Crippen LogP contribution in [0.25, 0.3) is 21.8 Å². The SMILES string of the molecule is CCC[C@@H](NC(=O)CCCn1c2ccccc2c2cnn(C)c(=O)c21)c1cccs1. The Labute approximate surface area is 179 Å². The standard InChI is InChI=1S/C23H26N4O2S/c1-3-8-18(20-11-7-14-30-20)25-21(28)12-6-13-27-19-10-5-4-9-16(19)17-15-24-26(2)23(29)22(17)27/h4-5,7,9-11,14-15,18H,3,6,8,12-13H2,1-2H3,(H,25,28)/t18-/m1/s1. The van der Waals surface area contributed by atoms with Gasteiger partial charge in [0.2, 0.25) is 5.91 Å². The first-order chi connectivity index (χ1) is 14.6. The normalized spacial score (nSPS) is 12.5. The molecule has 0 radical (unpaired) electrons. The molecule has 3 aromatic heterocycles. The van der Waals surface area contributed by atoms with Gasteiger partial charge in [-0.1, -0.05) is 37.6 Å². The summed E-state index contributed by atoms with van der Waals surface area (Å²) in [5, 5.41) is 11.3. The highest BCUT2D eigenvalue weighted by Gasteiger charge is 2.17. The van der Waals surface area contributed by atoms with Crippen molar-refractivity contribution >= 4 is 39.0 Å². The molecule has 0 saturated heterocycles. The minimum absolute atomic E-state index is 0.0530. The summed E-state index contributed by atoms with van der Waals surface area (Å²) in [7, 11) is 1.66. The van der Waals surface area contributed by atoms with E-state index in [0.29, 0.717) is 24.9 Å². The molecular weight excluding hydrogens is 396 g/mol. The monoisotopic (exact) mass is 422 g/mol. The van der Waals surface area contributed by atoms with Crippen molar-refractivity contribution in [1.82, 2.24) is 19.7 Å². The lowest BCUT2D eigenvalue weighted by atomic mass is 10.1. The highest BCUT2D eigenvalue weighted by Crippen LogP contribution is 2.27. The Morgan fingerprint density at radius 1 is 1.20 bits per heavy atom. The lowest BCUT2D eigenvalue weighted by Crippen LogP contribution is -2.28. The Bertz CT molecular complexity index is 1220. The molecular formula is C23H26N4O2S. The van der Waals surface area contributed by atoms with E-state index in [0.717, 1.165) is 29.1 Å². The second kappa shape index (κ2) is 8.83. The lowest BCUT2D eigenvalue weighted by molar-refractivity contribution is -0.122. The Balaban J connectivity index is 1.51. The Morgan fingerprint density at radius 2 is 2.03 bits per heavy atom. The van der Waals surface area contributed by atoms with E-state index in [9.17, 15) is 9.59 Å². The number of aryl methyl sites for hydroxylation is 2. The molecule has 1 atom stereocenters. The summed E-state index contributed by atoms with van der Waals surface area (Å²) in [5.74, 6) is 0.0530. The van der Waals surface area contributed by atoms with Crippen LogP contribution in [-0.2, 0) is 18.4 Å². The number of aromatic nitrogens is 3. The summed E-state index contributed by atoms with van der Waals surface area (Å²) >= 11 is 1.68. The summed E-state index contributed by atoms with van der Waals surface area (Å²) in [6.45, 7) is 2.73. The molecule has 6 nitrogen and oxygen atoms in total. The maximum absolute atomic E-state index is 12.8. The summed E-state index contributed by atoms with van der Waals surface area (Å²) < 4.78 is 3.39. The Kier molecular flexibility index (Phi) is 5.99. The zero-order valence-corrected chi connectivity index (χ0v) is 18.1. The van der Waals surface area contributed by atoms with E-state index in [-0.39, 0.29) is 17.5 Å². The second-order valence-electron chi connectivity index (χ2n) is 7.53. The molecule has 0 aliphatic rings. The molecule has 156 valence electrons. The van der Waals surface area contributed by atoms with Crippen molar-refractivity contribution in [3.05, 3.63) is 63.2 Å². The van der Waals surface area contributed by atoms with Crippen molar-refractivity contribution in [1.29, 1.82) is 0 Å². The minimum Gasteiger partial charge on any atom is -0.348 e. The maximum atomic E-state index is 12.8. The van der Waals surface area contributed by atoms with Crippen molar-refractivity contribution in [3.8, 4) is 0 Å². The van der Waals surface area contributed by atoms with Crippen LogP contribution in [0.15, 0.2) is 52.8 Å². The molecule has 0 unspecified atom stereocenters. The predicted molar refractivity (Wildman–Crippen MR) is 122 cm³/mol. The number of carbonyl (C=O) groups is 1. The Hall–Kier alpha value is -2.93. The summed E-state index contributed by atoms with van der Waals surface area (Å²) in [4.78, 5) is 26.6. The molecule has 0 fully saturated rings. The van der Waals surface area contributed by atoms with Crippen LogP contribution in [0.1, 0.15) is 43.5 Å². The van der Waals surface area contributed by atoms with Crippen LogP contribution in [0.4, 0.5) is 0 Å². The van der Waals surface area contributed by atoms with E-state index in [4.69, 9.17) is 0 Å². The average molecular weight is 423 g/mol. The molecule has 4 rings (SSSR count). The van der Waals surface area contributed by atoms with Crippen molar-refractivity contribution in [2.45, 2.75) is 45.2 Å². The van der Waals surface area contributed by atoms with Gasteiger partial charge in [0.15, 0.2) is 0 Å². The number of para-hydroxylation sites is 1. The number of nitrogens with zero attached hydrogens (tertiary/aromatic N) is 3. The first-order valence-corrected chi connectivity index (χ1v) is 11.2. The van der Waals surface area contributed by atoms with Crippen molar-refractivity contribution in [2.24, 2.45) is 7.05 Å². The fourth-order valence-corrected chi connectivity index (χ4v) is 4.81. The molecule has 0 aliphatic carbocycles. The number of benzene rings is 1. The molecule has 0 saturated carbocycles. The van der Waals surface area contributed by atoms with E-state index in [2.05, 4.69) is 23.4 Å². The summed E-state index contributed by atoms with van der Waals surface area (Å²) in [5.41, 5.74) is 1.53. The molecule has 0 bridgehead atoms. The van der Waals surface area contributed by atoms with Gasteiger partial charge in [0.25, 0.3) is 5.56 Å². The average Bonchev–Trinajstić information content (AvgIpc) is 3.38. The van der Waals surface area contributed by atoms with Gasteiger partial charge in [-0.3, -0.25) is 9.59 Å². The van der Waals surface area contributed by atoms with Gasteiger partial charge in [-0.2, -0.15) is 5.10 Å². The fourth-order valence-electron chi connectivity index (χ4n) is 4.00. The first kappa shape index (κ1) is 20.3. The molecule has 7 heteroatoms. The van der Waals surface area contributed by atoms with Crippen LogP contribution in [0.5, 0.6) is 0 Å². The van der Waals surface area contributed by atoms with Crippen LogP contribution in [0.3, 0.4) is 0 Å². The van der Waals surface area contributed by atoms with Gasteiger partial charge in [0.05, 0.1) is 12.2 Å². The second-order valence-corrected chi connectivity index (χ2v) is 8.51. The van der Waals surface area contributed by atoms with Gasteiger partial charge in [-0.25, -0.2) is 4.68 Å². The first-order valence-electron chi connectivity index (χ1n) is 10.4. The molecule has 1 aromatic carbocycles. The number of fused-ring (bicyclic) bond motifs is 3. The zero-order valence-electron chi connectivity index (χ0n) is 17.3. The third kappa shape index (κ3) is 3.89. The molecule has 1 amide bonds. The van der Waals surface area contributed by atoms with E-state index in [1.807, 2.05) is 40.3 Å². The lowest BCUT2D eigenvalue weighted by Gasteiger charge is -2.17. The van der Waals surface area contributed by atoms with E-state index < -0.39 is 0 Å². The summed E-state index contributed by atoms with van der Waals surface area (Å²) in [6, 6.07) is 12.1. The zero-order chi connectivity index (χ0) is 21.1. The Morgan fingerprint density at radius 3 is 2.80 bits per heavy atom. The summed E-state index contributed by atoms with van der Waals surface area (Å²) in [6.07, 6.45) is 4.78. The van der Waals surface area contributed by atoms with Crippen molar-refractivity contribution in [2.75, 3.05) is 0 Å². The van der Waals surface area contributed by atoms with Crippen LogP contribution < -0.4 is 10.9 Å². The number of hydrogen-bond donors (Lipinski definition) is 1. The van der Waals surface area contributed by atoms with Crippen molar-refractivity contribution < 1.29 is 4.79 Å². The van der Waals surface area contributed by atoms with Crippen LogP contribution >= 0.6 is 11.3 Å². The van der Waals surface area contributed by atoms with Gasteiger partial charge >= 0.3 is 0 Å². The molecule has 3 heterocycles. The highest BCUT2D eigenvalue weighted by atomic mass is 32.1. The minimum atomic E-state index is -0.117. The van der Waals surface area contributed by atoms with Gasteiger partial charge in [0.1, 0.15) is 5.52 Å².